The minimum atomic E-state index is -0.163. The highest BCUT2D eigenvalue weighted by Gasteiger charge is 2.08. The van der Waals surface area contributed by atoms with Crippen LogP contribution in [0.3, 0.4) is 0 Å². The van der Waals surface area contributed by atoms with Crippen LogP contribution in [0.15, 0.2) is 23.5 Å². The van der Waals surface area contributed by atoms with Crippen LogP contribution in [0.1, 0.15) is 24.1 Å². The third-order valence-electron chi connectivity index (χ3n) is 2.95. The van der Waals surface area contributed by atoms with E-state index in [4.69, 9.17) is 0 Å². The smallest absolute Gasteiger partial charge is 0.248 e. The molecule has 106 valence electrons. The molecule has 2 aromatic rings. The average Bonchev–Trinajstić information content (AvgIpc) is 2.87. The molecule has 2 aromatic heterocycles. The molecule has 7 nitrogen and oxygen atoms in total. The van der Waals surface area contributed by atoms with Gasteiger partial charge in [0.2, 0.25) is 11.5 Å². The number of aromatic nitrogens is 4. The van der Waals surface area contributed by atoms with Crippen molar-refractivity contribution >= 4 is 11.6 Å². The van der Waals surface area contributed by atoms with Gasteiger partial charge in [-0.15, -0.1) is 0 Å². The van der Waals surface area contributed by atoms with E-state index in [0.717, 1.165) is 5.56 Å². The Morgan fingerprint density at radius 2 is 2.25 bits per heavy atom. The van der Waals surface area contributed by atoms with Crippen LogP contribution in [0.25, 0.3) is 0 Å². The van der Waals surface area contributed by atoms with E-state index in [1.165, 1.54) is 12.4 Å². The van der Waals surface area contributed by atoms with Crippen LogP contribution in [0, 0.1) is 13.8 Å². The molecule has 0 spiro atoms. The van der Waals surface area contributed by atoms with Crippen molar-refractivity contribution in [3.8, 4) is 0 Å². The molecule has 2 heterocycles. The minimum absolute atomic E-state index is 0.0802. The summed E-state index contributed by atoms with van der Waals surface area (Å²) in [5.41, 5.74) is 1.94. The van der Waals surface area contributed by atoms with E-state index in [1.54, 1.807) is 24.9 Å². The number of pyridine rings is 1. The van der Waals surface area contributed by atoms with Crippen LogP contribution in [0.4, 0.5) is 5.69 Å². The Hall–Kier alpha value is -2.44. The van der Waals surface area contributed by atoms with Crippen LogP contribution in [0.5, 0.6) is 0 Å². The zero-order chi connectivity index (χ0) is 14.5. The normalized spacial score (nSPS) is 10.5. The molecule has 0 saturated heterocycles. The third kappa shape index (κ3) is 3.53. The number of nitrogens with zero attached hydrogens (tertiary/aromatic N) is 3. The number of H-pyrrole nitrogens is 1. The Morgan fingerprint density at radius 3 is 2.90 bits per heavy atom. The quantitative estimate of drug-likeness (QED) is 0.851. The summed E-state index contributed by atoms with van der Waals surface area (Å²) in [6, 6.07) is 1.47. The van der Waals surface area contributed by atoms with Crippen molar-refractivity contribution in [1.29, 1.82) is 0 Å². The highest BCUT2D eigenvalue weighted by molar-refractivity contribution is 5.91. The van der Waals surface area contributed by atoms with Crippen molar-refractivity contribution in [3.05, 3.63) is 40.3 Å². The molecule has 7 heteroatoms. The minimum Gasteiger partial charge on any atom is -0.324 e. The SMILES string of the molecule is Cc1cc(=O)[nH]c(C)c1NC(=O)CCCn1cncn1. The molecular weight excluding hydrogens is 258 g/mol. The summed E-state index contributed by atoms with van der Waals surface area (Å²) < 4.78 is 1.68. The summed E-state index contributed by atoms with van der Waals surface area (Å²) in [5, 5.41) is 6.80. The van der Waals surface area contributed by atoms with Gasteiger partial charge in [0.1, 0.15) is 12.7 Å². The number of aromatic amines is 1. The number of carbonyl (C=O) groups excluding carboxylic acids is 1. The van der Waals surface area contributed by atoms with Gasteiger partial charge in [0, 0.05) is 24.7 Å². The number of carbonyl (C=O) groups is 1. The number of aryl methyl sites for hydroxylation is 3. The summed E-state index contributed by atoms with van der Waals surface area (Å²) in [4.78, 5) is 29.7. The van der Waals surface area contributed by atoms with E-state index in [2.05, 4.69) is 20.4 Å². The van der Waals surface area contributed by atoms with Crippen molar-refractivity contribution in [2.45, 2.75) is 33.2 Å². The zero-order valence-electron chi connectivity index (χ0n) is 11.5. The van der Waals surface area contributed by atoms with Gasteiger partial charge in [0.15, 0.2) is 0 Å². The van der Waals surface area contributed by atoms with Gasteiger partial charge in [-0.1, -0.05) is 0 Å². The summed E-state index contributed by atoms with van der Waals surface area (Å²) >= 11 is 0. The summed E-state index contributed by atoms with van der Waals surface area (Å²) in [6.45, 7) is 4.21. The fourth-order valence-electron chi connectivity index (χ4n) is 1.99. The van der Waals surface area contributed by atoms with Crippen molar-refractivity contribution in [2.24, 2.45) is 0 Å². The van der Waals surface area contributed by atoms with Gasteiger partial charge < -0.3 is 10.3 Å². The molecule has 2 rings (SSSR count). The van der Waals surface area contributed by atoms with Gasteiger partial charge in [-0.05, 0) is 25.8 Å². The van der Waals surface area contributed by atoms with E-state index in [-0.39, 0.29) is 11.5 Å². The van der Waals surface area contributed by atoms with Crippen LogP contribution in [-0.2, 0) is 11.3 Å². The second kappa shape index (κ2) is 6.14. The molecule has 20 heavy (non-hydrogen) atoms. The predicted octanol–water partition coefficient (Wildman–Crippen LogP) is 1.00. The van der Waals surface area contributed by atoms with Gasteiger partial charge in [-0.2, -0.15) is 5.10 Å². The molecule has 0 aliphatic rings. The van der Waals surface area contributed by atoms with Crippen molar-refractivity contribution in [2.75, 3.05) is 5.32 Å². The molecule has 0 unspecified atom stereocenters. The monoisotopic (exact) mass is 275 g/mol. The predicted molar refractivity (Wildman–Crippen MR) is 74.4 cm³/mol. The maximum atomic E-state index is 11.9. The highest BCUT2D eigenvalue weighted by Crippen LogP contribution is 2.15. The summed E-state index contributed by atoms with van der Waals surface area (Å²) in [5.74, 6) is -0.0802. The Morgan fingerprint density at radius 1 is 1.45 bits per heavy atom. The first kappa shape index (κ1) is 14.0. The second-order valence-electron chi connectivity index (χ2n) is 4.63. The van der Waals surface area contributed by atoms with Crippen molar-refractivity contribution in [3.63, 3.8) is 0 Å². The molecule has 0 aliphatic heterocycles. The highest BCUT2D eigenvalue weighted by atomic mass is 16.1. The Labute approximate surface area is 116 Å². The maximum absolute atomic E-state index is 11.9. The number of rotatable bonds is 5. The summed E-state index contributed by atoms with van der Waals surface area (Å²) in [7, 11) is 0. The Bertz CT molecular complexity index is 619. The third-order valence-corrected chi connectivity index (χ3v) is 2.95. The van der Waals surface area contributed by atoms with Gasteiger partial charge >= 0.3 is 0 Å². The molecule has 0 fully saturated rings. The molecule has 0 saturated carbocycles. The zero-order valence-corrected chi connectivity index (χ0v) is 11.5. The molecule has 0 radical (unpaired) electrons. The maximum Gasteiger partial charge on any atom is 0.248 e. The topological polar surface area (TPSA) is 92.7 Å². The number of hydrogen-bond donors (Lipinski definition) is 2. The summed E-state index contributed by atoms with van der Waals surface area (Å²) in [6.07, 6.45) is 4.15. The number of hydrogen-bond acceptors (Lipinski definition) is 4. The van der Waals surface area contributed by atoms with Crippen molar-refractivity contribution < 1.29 is 4.79 Å². The first-order valence-corrected chi connectivity index (χ1v) is 6.39. The fourth-order valence-corrected chi connectivity index (χ4v) is 1.99. The largest absolute Gasteiger partial charge is 0.324 e. The standard InChI is InChI=1S/C13H17N5O2/c1-9-6-12(20)16-10(2)13(9)17-11(19)4-3-5-18-8-14-7-15-18/h6-8H,3-5H2,1-2H3,(H,16,20)(H,17,19). The molecule has 0 bridgehead atoms. The fraction of sp³-hybridized carbons (Fsp3) is 0.385. The molecule has 0 atom stereocenters. The Balaban J connectivity index is 1.90. The molecule has 0 aliphatic carbocycles. The number of nitrogens with one attached hydrogen (secondary N) is 2. The van der Waals surface area contributed by atoms with Gasteiger partial charge in [-0.3, -0.25) is 14.3 Å². The van der Waals surface area contributed by atoms with Crippen LogP contribution in [-0.4, -0.2) is 25.7 Å². The molecular formula is C13H17N5O2. The van der Waals surface area contributed by atoms with E-state index in [0.29, 0.717) is 30.8 Å². The van der Waals surface area contributed by atoms with Crippen LogP contribution < -0.4 is 10.9 Å². The van der Waals surface area contributed by atoms with Gasteiger partial charge in [0.05, 0.1) is 5.69 Å². The lowest BCUT2D eigenvalue weighted by Gasteiger charge is -2.10. The first-order chi connectivity index (χ1) is 9.56. The second-order valence-corrected chi connectivity index (χ2v) is 4.63. The van der Waals surface area contributed by atoms with E-state index in [9.17, 15) is 9.59 Å². The van der Waals surface area contributed by atoms with Crippen molar-refractivity contribution in [1.82, 2.24) is 19.7 Å². The van der Waals surface area contributed by atoms with Crippen LogP contribution in [0.2, 0.25) is 0 Å². The molecule has 2 N–H and O–H groups in total. The lowest BCUT2D eigenvalue weighted by Crippen LogP contribution is -2.17. The van der Waals surface area contributed by atoms with E-state index < -0.39 is 0 Å². The average molecular weight is 275 g/mol. The number of amides is 1. The number of anilines is 1. The van der Waals surface area contributed by atoms with Crippen LogP contribution >= 0.6 is 0 Å². The Kier molecular flexibility index (Phi) is 4.29. The molecule has 0 aromatic carbocycles. The first-order valence-electron chi connectivity index (χ1n) is 6.39. The van der Waals surface area contributed by atoms with Gasteiger partial charge in [-0.25, -0.2) is 4.98 Å². The van der Waals surface area contributed by atoms with E-state index >= 15 is 0 Å². The van der Waals surface area contributed by atoms with E-state index in [1.807, 2.05) is 0 Å². The van der Waals surface area contributed by atoms with Gasteiger partial charge in [0.25, 0.3) is 0 Å². The lowest BCUT2D eigenvalue weighted by atomic mass is 10.2. The lowest BCUT2D eigenvalue weighted by molar-refractivity contribution is -0.116. The molecule has 1 amide bonds.